The summed E-state index contributed by atoms with van der Waals surface area (Å²) in [5.41, 5.74) is -1.58. The minimum atomic E-state index is -1.58. The first-order valence-electron chi connectivity index (χ1n) is 4.72. The first kappa shape index (κ1) is 9.24. The minimum absolute atomic E-state index is 0.131. The van der Waals surface area contributed by atoms with Gasteiger partial charge in [0, 0.05) is 6.42 Å². The van der Waals surface area contributed by atoms with Crippen LogP contribution in [0.25, 0.3) is 0 Å². The van der Waals surface area contributed by atoms with E-state index in [1.54, 1.807) is 6.92 Å². The second kappa shape index (κ2) is 2.59. The Kier molecular flexibility index (Phi) is 1.71. The molecule has 0 saturated heterocycles. The highest BCUT2D eigenvalue weighted by molar-refractivity contribution is 6.58. The highest BCUT2D eigenvalue weighted by Gasteiger charge is 2.65. The Hall–Kier alpha value is -1.32. The number of Topliss-reactive ketones (excluding diaryl/α,β-unsaturated/α-hetero) is 4. The van der Waals surface area contributed by atoms with Crippen molar-refractivity contribution in [2.24, 2.45) is 11.3 Å². The van der Waals surface area contributed by atoms with Crippen LogP contribution in [0.1, 0.15) is 26.2 Å². The monoisotopic (exact) mass is 194 g/mol. The molecule has 2 aliphatic rings. The molecule has 0 aromatic rings. The maximum Gasteiger partial charge on any atom is 0.220 e. The summed E-state index contributed by atoms with van der Waals surface area (Å²) in [5, 5.41) is 0. The lowest BCUT2D eigenvalue weighted by atomic mass is 9.71. The molecule has 2 aliphatic carbocycles. The van der Waals surface area contributed by atoms with Gasteiger partial charge in [0.25, 0.3) is 0 Å². The number of carbonyl (C=O) groups excluding carboxylic acids is 4. The van der Waals surface area contributed by atoms with E-state index >= 15 is 0 Å². The number of hydrogen-bond donors (Lipinski definition) is 0. The molecule has 2 bridgehead atoms. The predicted molar refractivity (Wildman–Crippen MR) is 45.5 cm³/mol. The third-order valence-corrected chi connectivity index (χ3v) is 3.33. The lowest BCUT2D eigenvalue weighted by Gasteiger charge is -2.25. The summed E-state index contributed by atoms with van der Waals surface area (Å²) in [6, 6.07) is 0. The smallest absolute Gasteiger partial charge is 0.220 e. The highest BCUT2D eigenvalue weighted by atomic mass is 16.2. The summed E-state index contributed by atoms with van der Waals surface area (Å²) >= 11 is 0. The normalized spacial score (nSPS) is 36.8. The van der Waals surface area contributed by atoms with Gasteiger partial charge in [-0.05, 0) is 12.8 Å². The third-order valence-electron chi connectivity index (χ3n) is 3.33. The standard InChI is InChI=1S/C10H10O4/c1-2-10-6(11)4-3-5(8(10)13)7(12)9(10)14/h5H,2-4H2,1H3. The fraction of sp³-hybridized carbons (Fsp3) is 0.600. The first-order valence-corrected chi connectivity index (χ1v) is 4.72. The SMILES string of the molecule is CCC12C(=O)CCC(C(=O)C1=O)C2=O. The number of carbonyl (C=O) groups is 4. The van der Waals surface area contributed by atoms with Crippen LogP contribution in [0.4, 0.5) is 0 Å². The van der Waals surface area contributed by atoms with Crippen molar-refractivity contribution < 1.29 is 19.2 Å². The van der Waals surface area contributed by atoms with Gasteiger partial charge in [-0.25, -0.2) is 0 Å². The molecule has 4 nitrogen and oxygen atoms in total. The summed E-state index contributed by atoms with van der Waals surface area (Å²) in [7, 11) is 0. The van der Waals surface area contributed by atoms with Crippen molar-refractivity contribution in [2.45, 2.75) is 26.2 Å². The Balaban J connectivity index is 2.62. The van der Waals surface area contributed by atoms with Gasteiger partial charge in [-0.15, -0.1) is 0 Å². The lowest BCUT2D eigenvalue weighted by Crippen LogP contribution is -2.44. The Morgan fingerprint density at radius 1 is 1.29 bits per heavy atom. The van der Waals surface area contributed by atoms with Gasteiger partial charge < -0.3 is 0 Å². The average Bonchev–Trinajstić information content (AvgIpc) is 2.28. The summed E-state index contributed by atoms with van der Waals surface area (Å²) in [5.74, 6) is -3.05. The molecule has 2 saturated carbocycles. The fourth-order valence-electron chi connectivity index (χ4n) is 2.44. The van der Waals surface area contributed by atoms with Crippen LogP contribution in [-0.2, 0) is 19.2 Å². The number of rotatable bonds is 1. The molecule has 2 fully saturated rings. The molecule has 0 spiro atoms. The zero-order valence-corrected chi connectivity index (χ0v) is 7.83. The number of ketones is 4. The molecule has 0 amide bonds. The van der Waals surface area contributed by atoms with Crippen LogP contribution in [0.3, 0.4) is 0 Å². The molecule has 2 atom stereocenters. The molecule has 2 unspecified atom stereocenters. The lowest BCUT2D eigenvalue weighted by molar-refractivity contribution is -0.148. The Morgan fingerprint density at radius 2 is 1.93 bits per heavy atom. The average molecular weight is 194 g/mol. The van der Waals surface area contributed by atoms with E-state index in [0.717, 1.165) is 0 Å². The molecular formula is C10H10O4. The van der Waals surface area contributed by atoms with Crippen LogP contribution in [-0.4, -0.2) is 23.1 Å². The maximum atomic E-state index is 11.7. The van der Waals surface area contributed by atoms with Gasteiger partial charge in [-0.3, -0.25) is 19.2 Å². The van der Waals surface area contributed by atoms with Crippen molar-refractivity contribution in [2.75, 3.05) is 0 Å². The van der Waals surface area contributed by atoms with Crippen LogP contribution in [0, 0.1) is 11.3 Å². The van der Waals surface area contributed by atoms with Gasteiger partial charge in [0.1, 0.15) is 0 Å². The molecule has 0 aromatic carbocycles. The van der Waals surface area contributed by atoms with Crippen LogP contribution in [0.2, 0.25) is 0 Å². The van der Waals surface area contributed by atoms with E-state index in [9.17, 15) is 19.2 Å². The van der Waals surface area contributed by atoms with Crippen LogP contribution < -0.4 is 0 Å². The zero-order chi connectivity index (χ0) is 10.5. The summed E-state index contributed by atoms with van der Waals surface area (Å²) in [6.07, 6.45) is 0.539. The summed E-state index contributed by atoms with van der Waals surface area (Å²) < 4.78 is 0. The molecule has 0 aliphatic heterocycles. The van der Waals surface area contributed by atoms with Crippen molar-refractivity contribution in [3.05, 3.63) is 0 Å². The van der Waals surface area contributed by atoms with Crippen molar-refractivity contribution >= 4 is 23.1 Å². The fourth-order valence-corrected chi connectivity index (χ4v) is 2.44. The second-order valence-corrected chi connectivity index (χ2v) is 3.83. The molecule has 2 rings (SSSR count). The molecule has 0 heterocycles. The van der Waals surface area contributed by atoms with E-state index in [2.05, 4.69) is 0 Å². The molecule has 0 aromatic heterocycles. The van der Waals surface area contributed by atoms with E-state index < -0.39 is 28.7 Å². The second-order valence-electron chi connectivity index (χ2n) is 3.83. The quantitative estimate of drug-likeness (QED) is 0.438. The van der Waals surface area contributed by atoms with E-state index in [4.69, 9.17) is 0 Å². The molecule has 74 valence electrons. The van der Waals surface area contributed by atoms with Crippen LogP contribution in [0.15, 0.2) is 0 Å². The Bertz CT molecular complexity index is 368. The van der Waals surface area contributed by atoms with Crippen molar-refractivity contribution in [3.63, 3.8) is 0 Å². The molecule has 0 N–H and O–H groups in total. The van der Waals surface area contributed by atoms with E-state index in [1.807, 2.05) is 0 Å². The van der Waals surface area contributed by atoms with Gasteiger partial charge in [0.2, 0.25) is 11.6 Å². The summed E-state index contributed by atoms with van der Waals surface area (Å²) in [6.45, 7) is 1.61. The molecule has 4 heteroatoms. The van der Waals surface area contributed by atoms with Crippen molar-refractivity contribution in [3.8, 4) is 0 Å². The van der Waals surface area contributed by atoms with Crippen molar-refractivity contribution in [1.29, 1.82) is 0 Å². The largest absolute Gasteiger partial charge is 0.298 e. The number of hydrogen-bond acceptors (Lipinski definition) is 4. The maximum absolute atomic E-state index is 11.7. The van der Waals surface area contributed by atoms with E-state index in [-0.39, 0.29) is 25.0 Å². The van der Waals surface area contributed by atoms with Gasteiger partial charge in [-0.1, -0.05) is 6.92 Å². The van der Waals surface area contributed by atoms with Gasteiger partial charge >= 0.3 is 0 Å². The van der Waals surface area contributed by atoms with Crippen molar-refractivity contribution in [1.82, 2.24) is 0 Å². The predicted octanol–water partition coefficient (Wildman–Crippen LogP) is 0.0828. The highest BCUT2D eigenvalue weighted by Crippen LogP contribution is 2.43. The minimum Gasteiger partial charge on any atom is -0.298 e. The van der Waals surface area contributed by atoms with Crippen LogP contribution >= 0.6 is 0 Å². The summed E-state index contributed by atoms with van der Waals surface area (Å²) in [4.78, 5) is 46.2. The molecule has 0 radical (unpaired) electrons. The van der Waals surface area contributed by atoms with E-state index in [0.29, 0.717) is 0 Å². The van der Waals surface area contributed by atoms with Crippen LogP contribution in [0.5, 0.6) is 0 Å². The van der Waals surface area contributed by atoms with Gasteiger partial charge in [0.15, 0.2) is 17.0 Å². The Labute approximate surface area is 80.7 Å². The van der Waals surface area contributed by atoms with Gasteiger partial charge in [0.05, 0.1) is 5.92 Å². The topological polar surface area (TPSA) is 68.3 Å². The number of fused-ring (bicyclic) bond motifs is 2. The zero-order valence-electron chi connectivity index (χ0n) is 7.83. The van der Waals surface area contributed by atoms with Gasteiger partial charge in [-0.2, -0.15) is 0 Å². The third kappa shape index (κ3) is 0.744. The van der Waals surface area contributed by atoms with E-state index in [1.165, 1.54) is 0 Å². The first-order chi connectivity index (χ1) is 6.55. The molecular weight excluding hydrogens is 184 g/mol. The Morgan fingerprint density at radius 3 is 2.43 bits per heavy atom. The molecule has 14 heavy (non-hydrogen) atoms.